The van der Waals surface area contributed by atoms with Crippen molar-refractivity contribution in [3.8, 4) is 22.6 Å². The van der Waals surface area contributed by atoms with Crippen LogP contribution >= 0.6 is 0 Å². The van der Waals surface area contributed by atoms with Crippen LogP contribution in [0.2, 0.25) is 0 Å². The van der Waals surface area contributed by atoms with Crippen molar-refractivity contribution in [2.45, 2.75) is 59.3 Å². The lowest BCUT2D eigenvalue weighted by molar-refractivity contribution is 0.589. The van der Waals surface area contributed by atoms with Crippen molar-refractivity contribution in [2.75, 3.05) is 0 Å². The van der Waals surface area contributed by atoms with E-state index in [9.17, 15) is 0 Å². The number of aryl methyl sites for hydroxylation is 1. The van der Waals surface area contributed by atoms with E-state index in [4.69, 9.17) is 10.1 Å². The van der Waals surface area contributed by atoms with Crippen molar-refractivity contribution in [1.82, 2.24) is 24.3 Å². The average Bonchev–Trinajstić information content (AvgIpc) is 3.98. The minimum absolute atomic E-state index is 0.0149. The van der Waals surface area contributed by atoms with Crippen LogP contribution in [0, 0.1) is 6.92 Å². The summed E-state index contributed by atoms with van der Waals surface area (Å²) >= 11 is 0. The fourth-order valence-electron chi connectivity index (χ4n) is 9.86. The number of nitrogens with zero attached hydrogens (tertiary/aromatic N) is 4. The van der Waals surface area contributed by atoms with Gasteiger partial charge < -0.3 is 0 Å². The zero-order chi connectivity index (χ0) is 40.4. The molecular weight excluding hydrogens is 735 g/mol. The van der Waals surface area contributed by atoms with E-state index in [1.165, 1.54) is 54.0 Å². The maximum atomic E-state index is 5.97. The van der Waals surface area contributed by atoms with Crippen LogP contribution in [0.25, 0.3) is 66.4 Å². The van der Waals surface area contributed by atoms with Gasteiger partial charge in [0.1, 0.15) is 5.65 Å². The summed E-state index contributed by atoms with van der Waals surface area (Å²) in [6.07, 6.45) is 0. The largest absolute Gasteiger partial charge is 0.294 e. The summed E-state index contributed by atoms with van der Waals surface area (Å²) in [4.78, 5) is 5.97. The molecule has 0 saturated carbocycles. The predicted octanol–water partition coefficient (Wildman–Crippen LogP) is 10.3. The number of fused-ring (bicyclic) bond motifs is 9. The fourth-order valence-corrected chi connectivity index (χ4v) is 14.8. The summed E-state index contributed by atoms with van der Waals surface area (Å²) < 4.78 is 4.70. The first kappa shape index (κ1) is 35.6. The average molecular weight is 782 g/mol. The Hall–Kier alpha value is -6.50. The second-order valence-electron chi connectivity index (χ2n) is 18.5. The molecule has 6 heteroatoms. The minimum Gasteiger partial charge on any atom is -0.294 e. The molecule has 4 aromatic heterocycles. The van der Waals surface area contributed by atoms with Crippen LogP contribution in [-0.2, 0) is 10.8 Å². The van der Waals surface area contributed by atoms with Crippen LogP contribution in [0.1, 0.15) is 58.4 Å². The molecule has 1 N–H and O–H groups in total. The Kier molecular flexibility index (Phi) is 7.55. The molecule has 10 aromatic rings. The number of hydrogen-bond acceptors (Lipinski definition) is 2. The summed E-state index contributed by atoms with van der Waals surface area (Å²) in [5, 5.41) is 18.1. The van der Waals surface area contributed by atoms with Crippen molar-refractivity contribution in [3.05, 3.63) is 168 Å². The van der Waals surface area contributed by atoms with Crippen molar-refractivity contribution >= 4 is 72.7 Å². The molecule has 6 aromatic carbocycles. The number of aromatic amines is 1. The third-order valence-corrected chi connectivity index (χ3v) is 17.5. The molecule has 0 fully saturated rings. The van der Waals surface area contributed by atoms with E-state index in [2.05, 4.69) is 214 Å². The molecule has 0 saturated heterocycles. The lowest BCUT2D eigenvalue weighted by Crippen LogP contribution is -2.73. The van der Waals surface area contributed by atoms with Crippen molar-refractivity contribution in [2.24, 2.45) is 0 Å². The van der Waals surface area contributed by atoms with Gasteiger partial charge in [-0.05, 0) is 98.0 Å². The van der Waals surface area contributed by atoms with Crippen LogP contribution in [0.5, 0.6) is 0 Å². The zero-order valence-corrected chi connectivity index (χ0v) is 35.7. The van der Waals surface area contributed by atoms with Gasteiger partial charge in [-0.2, -0.15) is 5.10 Å². The van der Waals surface area contributed by atoms with Gasteiger partial charge >= 0.3 is 0 Å². The molecule has 1 aliphatic heterocycles. The Morgan fingerprint density at radius 3 is 1.68 bits per heavy atom. The summed E-state index contributed by atoms with van der Waals surface area (Å²) in [7, 11) is -3.13. The molecule has 0 atom stereocenters. The first-order valence-electron chi connectivity index (χ1n) is 20.8. The molecule has 5 nitrogen and oxygen atoms in total. The quantitative estimate of drug-likeness (QED) is 0.181. The number of H-pyrrole nitrogens is 1. The molecule has 0 unspecified atom stereocenters. The summed E-state index contributed by atoms with van der Waals surface area (Å²) in [5.41, 5.74) is 11.9. The lowest BCUT2D eigenvalue weighted by Gasteiger charge is -2.31. The van der Waals surface area contributed by atoms with Crippen molar-refractivity contribution in [1.29, 1.82) is 0 Å². The molecule has 0 spiro atoms. The van der Waals surface area contributed by atoms with Crippen molar-refractivity contribution < 1.29 is 0 Å². The van der Waals surface area contributed by atoms with E-state index >= 15 is 0 Å². The Labute approximate surface area is 346 Å². The molecule has 0 bridgehead atoms. The molecular formula is C53H47N5Si. The number of aromatic nitrogens is 5. The van der Waals surface area contributed by atoms with E-state index in [0.717, 1.165) is 50.1 Å². The molecule has 0 amide bonds. The normalized spacial score (nSPS) is 13.8. The maximum Gasteiger partial charge on any atom is 0.203 e. The minimum atomic E-state index is -3.13. The number of hydrogen-bond donors (Lipinski definition) is 1. The lowest BCUT2D eigenvalue weighted by atomic mass is 9.83. The highest BCUT2D eigenvalue weighted by molar-refractivity contribution is 7.22. The van der Waals surface area contributed by atoms with Crippen LogP contribution in [0.3, 0.4) is 0 Å². The standard InChI is InChI=1S/C53H47N5Si/c1-33-29-49(56-55-33)58-45-20-14-11-17-38(45)40-24-23-37(32-46(40)58)59(47-26-21-34(52(2,3)4)30-42(47)43-31-35(53(5,6)7)22-27-48(43)59)50-28-25-41-39-18-12-13-19-44(39)57(51(41)54-50)36-15-9-8-10-16-36/h8-32H,1-7H3,(H,55,56). The first-order valence-corrected chi connectivity index (χ1v) is 22.8. The summed E-state index contributed by atoms with van der Waals surface area (Å²) in [6, 6.07) is 57.0. The molecule has 59 heavy (non-hydrogen) atoms. The number of pyridine rings is 1. The Bertz CT molecular complexity index is 3250. The second kappa shape index (κ2) is 12.5. The Balaban J connectivity index is 1.31. The van der Waals surface area contributed by atoms with Crippen LogP contribution in [0.4, 0.5) is 0 Å². The number of rotatable bonds is 4. The summed E-state index contributed by atoms with van der Waals surface area (Å²) in [5.74, 6) is 0.894. The van der Waals surface area contributed by atoms with Crippen LogP contribution in [0.15, 0.2) is 152 Å². The van der Waals surface area contributed by atoms with E-state index in [1.807, 2.05) is 0 Å². The second-order valence-corrected chi connectivity index (χ2v) is 22.2. The van der Waals surface area contributed by atoms with Gasteiger partial charge in [-0.15, -0.1) is 0 Å². The zero-order valence-electron chi connectivity index (χ0n) is 34.7. The highest BCUT2D eigenvalue weighted by atomic mass is 28.3. The maximum absolute atomic E-state index is 5.97. The number of nitrogens with one attached hydrogen (secondary N) is 1. The highest BCUT2D eigenvalue weighted by Crippen LogP contribution is 2.38. The SMILES string of the molecule is Cc1cc(-n2c3ccccc3c3ccc([Si]4(c5ccc6c7ccccc7n(-c7ccccc7)c6n5)c5ccc(C(C)(C)C)cc5-c5cc(C(C)(C)C)ccc54)cc32)n[nH]1. The Morgan fingerprint density at radius 2 is 1.07 bits per heavy atom. The van der Waals surface area contributed by atoms with Gasteiger partial charge in [0, 0.05) is 44.3 Å². The van der Waals surface area contributed by atoms with E-state index in [-0.39, 0.29) is 10.8 Å². The predicted molar refractivity (Wildman–Crippen MR) is 250 cm³/mol. The number of benzene rings is 6. The topological polar surface area (TPSA) is 51.4 Å². The molecule has 0 radical (unpaired) electrons. The highest BCUT2D eigenvalue weighted by Gasteiger charge is 2.51. The van der Waals surface area contributed by atoms with E-state index in [1.54, 1.807) is 0 Å². The third kappa shape index (κ3) is 5.15. The van der Waals surface area contributed by atoms with Gasteiger partial charge in [0.25, 0.3) is 0 Å². The van der Waals surface area contributed by atoms with Crippen molar-refractivity contribution in [3.63, 3.8) is 0 Å². The van der Waals surface area contributed by atoms with E-state index in [0.29, 0.717) is 0 Å². The fraction of sp³-hybridized carbons (Fsp3) is 0.170. The molecule has 288 valence electrons. The first-order chi connectivity index (χ1) is 28.4. The van der Waals surface area contributed by atoms with Crippen LogP contribution < -0.4 is 20.9 Å². The van der Waals surface area contributed by atoms with Gasteiger partial charge in [-0.1, -0.05) is 145 Å². The van der Waals surface area contributed by atoms with Gasteiger partial charge in [-0.25, -0.2) is 4.98 Å². The molecule has 11 rings (SSSR count). The van der Waals surface area contributed by atoms with Gasteiger partial charge in [0.2, 0.25) is 8.07 Å². The van der Waals surface area contributed by atoms with Gasteiger partial charge in [-0.3, -0.25) is 14.2 Å². The molecule has 5 heterocycles. The number of para-hydroxylation sites is 3. The molecule has 0 aliphatic carbocycles. The van der Waals surface area contributed by atoms with Crippen LogP contribution in [-0.4, -0.2) is 32.4 Å². The summed E-state index contributed by atoms with van der Waals surface area (Å²) in [6.45, 7) is 16.0. The monoisotopic (exact) mass is 781 g/mol. The van der Waals surface area contributed by atoms with Gasteiger partial charge in [0.05, 0.1) is 16.6 Å². The Morgan fingerprint density at radius 1 is 0.508 bits per heavy atom. The van der Waals surface area contributed by atoms with Gasteiger partial charge in [0.15, 0.2) is 5.82 Å². The third-order valence-electron chi connectivity index (χ3n) is 12.8. The molecule has 1 aliphatic rings. The smallest absolute Gasteiger partial charge is 0.203 e. The van der Waals surface area contributed by atoms with E-state index < -0.39 is 8.07 Å².